The normalized spacial score (nSPS) is 18.3. The first kappa shape index (κ1) is 24.0. The summed E-state index contributed by atoms with van der Waals surface area (Å²) in [4.78, 5) is 17.8. The average Bonchev–Trinajstić information content (AvgIpc) is 3.35. The molecule has 0 aliphatic carbocycles. The van der Waals surface area contributed by atoms with Crippen LogP contribution in [0.3, 0.4) is 0 Å². The zero-order valence-corrected chi connectivity index (χ0v) is 20.7. The third-order valence-electron chi connectivity index (χ3n) is 7.06. The monoisotopic (exact) mass is 486 g/mol. The van der Waals surface area contributed by atoms with Crippen molar-refractivity contribution in [3.05, 3.63) is 95.3 Å². The molecule has 0 saturated carbocycles. The highest BCUT2D eigenvalue weighted by molar-refractivity contribution is 6.03. The number of halogens is 1. The van der Waals surface area contributed by atoms with E-state index in [1.165, 1.54) is 6.07 Å². The Morgan fingerprint density at radius 1 is 0.972 bits per heavy atom. The van der Waals surface area contributed by atoms with Gasteiger partial charge in [0, 0.05) is 32.6 Å². The van der Waals surface area contributed by atoms with Crippen LogP contribution in [-0.2, 0) is 4.79 Å². The topological polar surface area (TPSA) is 48.4 Å². The molecule has 0 radical (unpaired) electrons. The predicted molar refractivity (Wildman–Crippen MR) is 140 cm³/mol. The van der Waals surface area contributed by atoms with E-state index in [4.69, 9.17) is 9.84 Å². The van der Waals surface area contributed by atoms with Gasteiger partial charge in [-0.05, 0) is 60.0 Å². The lowest BCUT2D eigenvalue weighted by molar-refractivity contribution is -0.134. The van der Waals surface area contributed by atoms with Crippen molar-refractivity contribution < 1.29 is 13.9 Å². The first-order valence-electron chi connectivity index (χ1n) is 12.3. The van der Waals surface area contributed by atoms with E-state index >= 15 is 0 Å². The number of para-hydroxylation sites is 1. The highest BCUT2D eigenvalue weighted by atomic mass is 19.1. The summed E-state index contributed by atoms with van der Waals surface area (Å²) >= 11 is 0. The molecule has 186 valence electrons. The van der Waals surface area contributed by atoms with Gasteiger partial charge in [-0.25, -0.2) is 9.40 Å². The van der Waals surface area contributed by atoms with Gasteiger partial charge in [0.25, 0.3) is 5.91 Å². The van der Waals surface area contributed by atoms with Gasteiger partial charge in [-0.2, -0.15) is 5.10 Å². The van der Waals surface area contributed by atoms with Gasteiger partial charge in [-0.15, -0.1) is 0 Å². The summed E-state index contributed by atoms with van der Waals surface area (Å²) in [6, 6.07) is 22.7. The third-order valence-corrected chi connectivity index (χ3v) is 7.06. The number of aryl methyl sites for hydroxylation is 1. The average molecular weight is 487 g/mol. The fourth-order valence-corrected chi connectivity index (χ4v) is 5.02. The number of hydrogen-bond donors (Lipinski definition) is 0. The molecule has 3 aromatic rings. The van der Waals surface area contributed by atoms with Crippen LogP contribution < -0.4 is 9.64 Å². The Balaban J connectivity index is 1.32. The highest BCUT2D eigenvalue weighted by Crippen LogP contribution is 2.35. The maximum atomic E-state index is 14.2. The molecule has 0 aromatic heterocycles. The van der Waals surface area contributed by atoms with Gasteiger partial charge in [0.1, 0.15) is 11.6 Å². The molecule has 1 fully saturated rings. The van der Waals surface area contributed by atoms with Gasteiger partial charge in [0.15, 0.2) is 0 Å². The van der Waals surface area contributed by atoms with Crippen molar-refractivity contribution >= 4 is 17.3 Å². The molecule has 7 heteroatoms. The lowest BCUT2D eigenvalue weighted by atomic mass is 9.95. The summed E-state index contributed by atoms with van der Waals surface area (Å²) in [5.41, 5.74) is 4.76. The number of anilines is 1. The van der Waals surface area contributed by atoms with Crippen molar-refractivity contribution in [2.24, 2.45) is 5.10 Å². The van der Waals surface area contributed by atoms with Gasteiger partial charge in [-0.1, -0.05) is 36.4 Å². The second-order valence-electron chi connectivity index (χ2n) is 9.30. The number of piperazine rings is 1. The van der Waals surface area contributed by atoms with Crippen molar-refractivity contribution in [1.29, 1.82) is 0 Å². The second-order valence-corrected chi connectivity index (χ2v) is 9.30. The number of benzene rings is 3. The minimum absolute atomic E-state index is 0.0221. The Kier molecular flexibility index (Phi) is 7.00. The summed E-state index contributed by atoms with van der Waals surface area (Å²) in [6.45, 7) is 5.10. The molecular weight excluding hydrogens is 455 g/mol. The van der Waals surface area contributed by atoms with Crippen LogP contribution in [0.25, 0.3) is 0 Å². The molecule has 1 saturated heterocycles. The van der Waals surface area contributed by atoms with Gasteiger partial charge >= 0.3 is 0 Å². The van der Waals surface area contributed by atoms with Crippen LogP contribution in [0.2, 0.25) is 0 Å². The molecule has 2 aliphatic rings. The number of nitrogens with zero attached hydrogens (tertiary/aromatic N) is 4. The van der Waals surface area contributed by atoms with Crippen LogP contribution in [0.4, 0.5) is 10.1 Å². The van der Waals surface area contributed by atoms with E-state index in [0.29, 0.717) is 38.3 Å². The Labute approximate surface area is 211 Å². The summed E-state index contributed by atoms with van der Waals surface area (Å²) < 4.78 is 19.5. The van der Waals surface area contributed by atoms with Crippen molar-refractivity contribution in [2.45, 2.75) is 19.4 Å². The molecule has 0 spiro atoms. The van der Waals surface area contributed by atoms with Crippen LogP contribution in [0.15, 0.2) is 77.9 Å². The fraction of sp³-hybridized carbons (Fsp3) is 0.310. The molecule has 5 rings (SSSR count). The van der Waals surface area contributed by atoms with Crippen LogP contribution >= 0.6 is 0 Å². The van der Waals surface area contributed by atoms with Gasteiger partial charge < -0.3 is 9.64 Å². The molecule has 3 aromatic carbocycles. The van der Waals surface area contributed by atoms with Crippen LogP contribution in [0.1, 0.15) is 29.2 Å². The van der Waals surface area contributed by atoms with E-state index in [-0.39, 0.29) is 24.3 Å². The summed E-state index contributed by atoms with van der Waals surface area (Å²) in [6.07, 6.45) is 0.657. The van der Waals surface area contributed by atoms with Crippen molar-refractivity contribution in [3.8, 4) is 5.75 Å². The number of ether oxygens (including phenoxy) is 1. The standard InChI is InChI=1S/C29H31FN4O2/c1-21-7-3-4-8-24(21)28-19-26(22-11-13-23(36-2)14-12-22)31-34(28)29(35)20-32-15-17-33(18-16-32)27-10-6-5-9-25(27)30/h3-14,28H,15-20H2,1-2H3/t28-/m0/s1. The lowest BCUT2D eigenvalue weighted by Gasteiger charge is -2.36. The summed E-state index contributed by atoms with van der Waals surface area (Å²) in [5, 5.41) is 6.50. The van der Waals surface area contributed by atoms with E-state index in [9.17, 15) is 9.18 Å². The maximum Gasteiger partial charge on any atom is 0.257 e. The van der Waals surface area contributed by atoms with E-state index < -0.39 is 0 Å². The first-order valence-corrected chi connectivity index (χ1v) is 12.3. The fourth-order valence-electron chi connectivity index (χ4n) is 5.02. The highest BCUT2D eigenvalue weighted by Gasteiger charge is 2.35. The zero-order valence-electron chi connectivity index (χ0n) is 20.7. The Morgan fingerprint density at radius 2 is 1.67 bits per heavy atom. The minimum Gasteiger partial charge on any atom is -0.497 e. The molecule has 36 heavy (non-hydrogen) atoms. The Hall–Kier alpha value is -3.71. The molecule has 0 unspecified atom stereocenters. The van der Waals surface area contributed by atoms with Crippen LogP contribution in [0, 0.1) is 12.7 Å². The molecule has 0 bridgehead atoms. The van der Waals surface area contributed by atoms with Crippen molar-refractivity contribution in [2.75, 3.05) is 44.7 Å². The van der Waals surface area contributed by atoms with E-state index in [1.54, 1.807) is 18.2 Å². The van der Waals surface area contributed by atoms with E-state index in [0.717, 1.165) is 28.2 Å². The lowest BCUT2D eigenvalue weighted by Crippen LogP contribution is -2.49. The van der Waals surface area contributed by atoms with Crippen LogP contribution in [0.5, 0.6) is 5.75 Å². The number of carbonyl (C=O) groups is 1. The quantitative estimate of drug-likeness (QED) is 0.509. The number of carbonyl (C=O) groups excluding carboxylic acids is 1. The largest absolute Gasteiger partial charge is 0.497 e. The number of hydrogen-bond acceptors (Lipinski definition) is 5. The van der Waals surface area contributed by atoms with Gasteiger partial charge in [-0.3, -0.25) is 9.69 Å². The maximum absolute atomic E-state index is 14.2. The van der Waals surface area contributed by atoms with Crippen molar-refractivity contribution in [1.82, 2.24) is 9.91 Å². The summed E-state index contributed by atoms with van der Waals surface area (Å²) in [7, 11) is 1.65. The molecule has 2 aliphatic heterocycles. The molecule has 6 nitrogen and oxygen atoms in total. The number of rotatable bonds is 6. The molecule has 2 heterocycles. The molecule has 1 amide bonds. The Bertz CT molecular complexity index is 1250. The first-order chi connectivity index (χ1) is 17.5. The van der Waals surface area contributed by atoms with Crippen LogP contribution in [-0.4, -0.2) is 61.4 Å². The second kappa shape index (κ2) is 10.5. The van der Waals surface area contributed by atoms with Crippen molar-refractivity contribution in [3.63, 3.8) is 0 Å². The summed E-state index contributed by atoms with van der Waals surface area (Å²) in [5.74, 6) is 0.557. The zero-order chi connectivity index (χ0) is 25.1. The number of amides is 1. The smallest absolute Gasteiger partial charge is 0.257 e. The Morgan fingerprint density at radius 3 is 2.36 bits per heavy atom. The predicted octanol–water partition coefficient (Wildman–Crippen LogP) is 4.64. The number of hydrazone groups is 1. The van der Waals surface area contributed by atoms with Gasteiger partial charge in [0.05, 0.1) is 31.1 Å². The minimum atomic E-state index is -0.208. The molecular formula is C29H31FN4O2. The third kappa shape index (κ3) is 4.97. The molecule has 1 atom stereocenters. The number of methoxy groups -OCH3 is 1. The van der Waals surface area contributed by atoms with E-state index in [1.807, 2.05) is 53.4 Å². The van der Waals surface area contributed by atoms with E-state index in [2.05, 4.69) is 24.0 Å². The molecule has 0 N–H and O–H groups in total. The SMILES string of the molecule is COc1ccc(C2=NN(C(=O)CN3CCN(c4ccccc4F)CC3)[C@H](c3ccccc3C)C2)cc1. The van der Waals surface area contributed by atoms with Gasteiger partial charge in [0.2, 0.25) is 0 Å².